The van der Waals surface area contributed by atoms with E-state index < -0.39 is 11.6 Å². The molecule has 1 aliphatic heterocycles. The summed E-state index contributed by atoms with van der Waals surface area (Å²) in [6.45, 7) is 2.29. The second-order valence-electron chi connectivity index (χ2n) is 3.43. The lowest BCUT2D eigenvalue weighted by Gasteiger charge is -2.34. The van der Waals surface area contributed by atoms with Gasteiger partial charge in [0.05, 0.1) is 18.1 Å². The summed E-state index contributed by atoms with van der Waals surface area (Å²) in [5.74, 6) is -0.952. The van der Waals surface area contributed by atoms with Crippen molar-refractivity contribution >= 4 is 5.97 Å². The van der Waals surface area contributed by atoms with Gasteiger partial charge in [-0.2, -0.15) is 0 Å². The zero-order valence-corrected chi connectivity index (χ0v) is 7.12. The molecule has 12 heavy (non-hydrogen) atoms. The van der Waals surface area contributed by atoms with E-state index in [0.717, 1.165) is 0 Å². The van der Waals surface area contributed by atoms with Gasteiger partial charge in [0.25, 0.3) is 0 Å². The maximum absolute atomic E-state index is 10.4. The normalized spacial score (nSPS) is 36.3. The Labute approximate surface area is 71.2 Å². The van der Waals surface area contributed by atoms with E-state index in [1.54, 1.807) is 0 Å². The molecule has 0 radical (unpaired) electrons. The fraction of sp³-hybridized carbons (Fsp3) is 0.875. The van der Waals surface area contributed by atoms with Crippen molar-refractivity contribution in [2.45, 2.75) is 37.9 Å². The van der Waals surface area contributed by atoms with Crippen molar-refractivity contribution in [2.75, 3.05) is 6.61 Å². The van der Waals surface area contributed by atoms with Gasteiger partial charge in [-0.15, -0.1) is 0 Å². The van der Waals surface area contributed by atoms with Crippen LogP contribution < -0.4 is 0 Å². The molecule has 0 amide bonds. The van der Waals surface area contributed by atoms with Crippen LogP contribution in [0.5, 0.6) is 0 Å². The highest BCUT2D eigenvalue weighted by atomic mass is 16.5. The lowest BCUT2D eigenvalue weighted by Crippen LogP contribution is -2.41. The molecule has 0 aromatic heterocycles. The maximum atomic E-state index is 10.4. The van der Waals surface area contributed by atoms with Gasteiger partial charge in [0.1, 0.15) is 0 Å². The monoisotopic (exact) mass is 174 g/mol. The Morgan fingerprint density at radius 2 is 2.42 bits per heavy atom. The number of hydrogen-bond acceptors (Lipinski definition) is 3. The molecule has 0 saturated carbocycles. The quantitative estimate of drug-likeness (QED) is 0.635. The van der Waals surface area contributed by atoms with E-state index in [9.17, 15) is 9.90 Å². The summed E-state index contributed by atoms with van der Waals surface area (Å²) in [4.78, 5) is 10.4. The first-order valence-corrected chi connectivity index (χ1v) is 4.08. The van der Waals surface area contributed by atoms with Crippen LogP contribution in [0.4, 0.5) is 0 Å². The Hall–Kier alpha value is -0.610. The molecule has 0 spiro atoms. The molecule has 1 fully saturated rings. The van der Waals surface area contributed by atoms with Gasteiger partial charge in [-0.05, 0) is 6.92 Å². The number of carboxylic acids is 1. The molecular formula is C8H14O4. The van der Waals surface area contributed by atoms with Crippen LogP contribution in [-0.2, 0) is 9.53 Å². The van der Waals surface area contributed by atoms with Crippen LogP contribution >= 0.6 is 0 Å². The number of aliphatic hydroxyl groups is 1. The first-order chi connectivity index (χ1) is 5.52. The van der Waals surface area contributed by atoms with Crippen LogP contribution in [0, 0.1) is 0 Å². The lowest BCUT2D eigenvalue weighted by atomic mass is 9.88. The SMILES string of the molecule is CC1CC(O)(CC(=O)O)CCO1. The third-order valence-electron chi connectivity index (χ3n) is 2.12. The standard InChI is InChI=1S/C8H14O4/c1-6-4-8(11,2-3-12-6)5-7(9)10/h6,11H,2-5H2,1H3,(H,9,10). The molecular weight excluding hydrogens is 160 g/mol. The molecule has 1 heterocycles. The highest BCUT2D eigenvalue weighted by molar-refractivity contribution is 5.68. The van der Waals surface area contributed by atoms with Crippen LogP contribution in [0.2, 0.25) is 0 Å². The van der Waals surface area contributed by atoms with Gasteiger partial charge in [0, 0.05) is 19.4 Å². The Morgan fingerprint density at radius 3 is 2.92 bits per heavy atom. The molecule has 0 aromatic carbocycles. The first kappa shape index (κ1) is 9.48. The minimum atomic E-state index is -1.05. The Balaban J connectivity index is 2.51. The second kappa shape index (κ2) is 3.41. The predicted octanol–water partition coefficient (Wildman–Crippen LogP) is 0.391. The van der Waals surface area contributed by atoms with Crippen molar-refractivity contribution in [3.8, 4) is 0 Å². The third-order valence-corrected chi connectivity index (χ3v) is 2.12. The molecule has 0 aromatic rings. The number of aliphatic carboxylic acids is 1. The van der Waals surface area contributed by atoms with Crippen molar-refractivity contribution in [2.24, 2.45) is 0 Å². The van der Waals surface area contributed by atoms with E-state index in [2.05, 4.69) is 0 Å². The Bertz CT molecular complexity index is 180. The average Bonchev–Trinajstić information content (AvgIpc) is 1.82. The van der Waals surface area contributed by atoms with Crippen molar-refractivity contribution in [1.29, 1.82) is 0 Å². The minimum absolute atomic E-state index is 0.0388. The van der Waals surface area contributed by atoms with Gasteiger partial charge < -0.3 is 14.9 Å². The minimum Gasteiger partial charge on any atom is -0.481 e. The zero-order valence-electron chi connectivity index (χ0n) is 7.12. The van der Waals surface area contributed by atoms with E-state index in [4.69, 9.17) is 9.84 Å². The third kappa shape index (κ3) is 2.46. The molecule has 4 heteroatoms. The van der Waals surface area contributed by atoms with Crippen LogP contribution in [0.1, 0.15) is 26.2 Å². The van der Waals surface area contributed by atoms with Gasteiger partial charge in [-0.3, -0.25) is 4.79 Å². The smallest absolute Gasteiger partial charge is 0.306 e. The fourth-order valence-corrected chi connectivity index (χ4v) is 1.59. The van der Waals surface area contributed by atoms with Gasteiger partial charge in [0.2, 0.25) is 0 Å². The van der Waals surface area contributed by atoms with Gasteiger partial charge >= 0.3 is 5.97 Å². The van der Waals surface area contributed by atoms with Crippen LogP contribution in [0.15, 0.2) is 0 Å². The summed E-state index contributed by atoms with van der Waals surface area (Å²) in [7, 11) is 0. The summed E-state index contributed by atoms with van der Waals surface area (Å²) in [6.07, 6.45) is 0.618. The molecule has 0 aliphatic carbocycles. The van der Waals surface area contributed by atoms with E-state index >= 15 is 0 Å². The number of carboxylic acid groups (broad SMARTS) is 1. The number of ether oxygens (including phenoxy) is 1. The molecule has 0 bridgehead atoms. The van der Waals surface area contributed by atoms with Gasteiger partial charge in [-0.1, -0.05) is 0 Å². The van der Waals surface area contributed by atoms with E-state index in [-0.39, 0.29) is 12.5 Å². The molecule has 2 atom stereocenters. The molecule has 70 valence electrons. The highest BCUT2D eigenvalue weighted by Crippen LogP contribution is 2.27. The molecule has 1 aliphatic rings. The van der Waals surface area contributed by atoms with Crippen molar-refractivity contribution in [3.63, 3.8) is 0 Å². The van der Waals surface area contributed by atoms with E-state index in [0.29, 0.717) is 19.4 Å². The van der Waals surface area contributed by atoms with E-state index in [1.807, 2.05) is 6.92 Å². The topological polar surface area (TPSA) is 66.8 Å². The average molecular weight is 174 g/mol. The van der Waals surface area contributed by atoms with Gasteiger partial charge in [0.15, 0.2) is 0 Å². The summed E-state index contributed by atoms with van der Waals surface area (Å²) in [6, 6.07) is 0. The molecule has 2 unspecified atom stereocenters. The highest BCUT2D eigenvalue weighted by Gasteiger charge is 2.35. The number of carbonyl (C=O) groups is 1. The molecule has 1 saturated heterocycles. The van der Waals surface area contributed by atoms with Crippen molar-refractivity contribution in [3.05, 3.63) is 0 Å². The fourth-order valence-electron chi connectivity index (χ4n) is 1.59. The largest absolute Gasteiger partial charge is 0.481 e. The summed E-state index contributed by atoms with van der Waals surface area (Å²) < 4.78 is 5.20. The van der Waals surface area contributed by atoms with Crippen LogP contribution in [-0.4, -0.2) is 34.5 Å². The van der Waals surface area contributed by atoms with Crippen LogP contribution in [0.25, 0.3) is 0 Å². The van der Waals surface area contributed by atoms with Crippen LogP contribution in [0.3, 0.4) is 0 Å². The summed E-state index contributed by atoms with van der Waals surface area (Å²) in [5, 5.41) is 18.3. The zero-order chi connectivity index (χ0) is 9.19. The van der Waals surface area contributed by atoms with Gasteiger partial charge in [-0.25, -0.2) is 0 Å². The Kier molecular flexibility index (Phi) is 2.69. The predicted molar refractivity (Wildman–Crippen MR) is 41.9 cm³/mol. The maximum Gasteiger partial charge on any atom is 0.306 e. The first-order valence-electron chi connectivity index (χ1n) is 4.08. The molecule has 1 rings (SSSR count). The molecule has 2 N–H and O–H groups in total. The summed E-state index contributed by atoms with van der Waals surface area (Å²) in [5.41, 5.74) is -1.05. The Morgan fingerprint density at radius 1 is 1.75 bits per heavy atom. The lowest BCUT2D eigenvalue weighted by molar-refractivity contribution is -0.150. The number of rotatable bonds is 2. The second-order valence-corrected chi connectivity index (χ2v) is 3.43. The van der Waals surface area contributed by atoms with E-state index in [1.165, 1.54) is 0 Å². The number of hydrogen-bond donors (Lipinski definition) is 2. The van der Waals surface area contributed by atoms with Crippen molar-refractivity contribution in [1.82, 2.24) is 0 Å². The molecule has 4 nitrogen and oxygen atoms in total. The summed E-state index contributed by atoms with van der Waals surface area (Å²) >= 11 is 0. The van der Waals surface area contributed by atoms with Crippen molar-refractivity contribution < 1.29 is 19.7 Å².